The van der Waals surface area contributed by atoms with Gasteiger partial charge in [0, 0.05) is 6.20 Å². The summed E-state index contributed by atoms with van der Waals surface area (Å²) in [6.45, 7) is 6.10. The highest BCUT2D eigenvalue weighted by Gasteiger charge is 2.15. The van der Waals surface area contributed by atoms with Crippen molar-refractivity contribution in [2.24, 2.45) is 0 Å². The van der Waals surface area contributed by atoms with Crippen LogP contribution in [0.15, 0.2) is 47.4 Å². The van der Waals surface area contributed by atoms with Crippen molar-refractivity contribution in [3.05, 3.63) is 64.2 Å². The molecule has 0 unspecified atom stereocenters. The van der Waals surface area contributed by atoms with Crippen LogP contribution in [0.4, 0.5) is 0 Å². The van der Waals surface area contributed by atoms with Crippen LogP contribution < -0.4 is 5.56 Å². The van der Waals surface area contributed by atoms with E-state index in [2.05, 4.69) is 23.9 Å². The average molecular weight is 279 g/mol. The number of rotatable bonds is 2. The maximum atomic E-state index is 12.7. The molecule has 2 aromatic heterocycles. The Morgan fingerprint density at radius 2 is 1.86 bits per heavy atom. The minimum Gasteiger partial charge on any atom is -0.267 e. The molecule has 0 fully saturated rings. The Hall–Kier alpha value is -2.49. The molecule has 21 heavy (non-hydrogen) atoms. The summed E-state index contributed by atoms with van der Waals surface area (Å²) in [4.78, 5) is 17.1. The summed E-state index contributed by atoms with van der Waals surface area (Å²) in [6.07, 6.45) is 1.70. The molecule has 0 aliphatic heterocycles. The number of nitrogens with zero attached hydrogens (tertiary/aromatic N) is 3. The smallest absolute Gasteiger partial charge is 0.267 e. The predicted octanol–water partition coefficient (Wildman–Crippen LogP) is 3.21. The lowest BCUT2D eigenvalue weighted by Crippen LogP contribution is -2.24. The van der Waals surface area contributed by atoms with Crippen molar-refractivity contribution in [2.45, 2.75) is 26.7 Å². The molecule has 0 aliphatic rings. The molecule has 2 heterocycles. The van der Waals surface area contributed by atoms with E-state index < -0.39 is 0 Å². The van der Waals surface area contributed by atoms with Crippen LogP contribution in [0.2, 0.25) is 0 Å². The molecule has 4 nitrogen and oxygen atoms in total. The summed E-state index contributed by atoms with van der Waals surface area (Å²) in [5, 5.41) is 5.18. The number of fused-ring (bicyclic) bond motifs is 1. The first-order chi connectivity index (χ1) is 10.1. The fourth-order valence-corrected chi connectivity index (χ4v) is 2.45. The molecule has 0 amide bonds. The number of aryl methyl sites for hydroxylation is 1. The third-order valence-electron chi connectivity index (χ3n) is 3.57. The lowest BCUT2D eigenvalue weighted by atomic mass is 10.1. The van der Waals surface area contributed by atoms with Crippen molar-refractivity contribution in [3.8, 4) is 5.69 Å². The van der Waals surface area contributed by atoms with Crippen molar-refractivity contribution >= 4 is 10.9 Å². The van der Waals surface area contributed by atoms with Crippen molar-refractivity contribution < 1.29 is 0 Å². The van der Waals surface area contributed by atoms with Gasteiger partial charge >= 0.3 is 0 Å². The second-order valence-corrected chi connectivity index (χ2v) is 5.44. The molecular formula is C17H17N3O. The highest BCUT2D eigenvalue weighted by atomic mass is 16.1. The van der Waals surface area contributed by atoms with Gasteiger partial charge in [-0.25, -0.2) is 0 Å². The van der Waals surface area contributed by atoms with Crippen LogP contribution in [0.5, 0.6) is 0 Å². The Morgan fingerprint density at radius 1 is 1.10 bits per heavy atom. The van der Waals surface area contributed by atoms with Crippen LogP contribution in [0.3, 0.4) is 0 Å². The van der Waals surface area contributed by atoms with E-state index in [0.717, 1.165) is 16.9 Å². The summed E-state index contributed by atoms with van der Waals surface area (Å²) >= 11 is 0. The van der Waals surface area contributed by atoms with E-state index in [4.69, 9.17) is 0 Å². The topological polar surface area (TPSA) is 47.8 Å². The molecule has 0 saturated heterocycles. The molecular weight excluding hydrogens is 262 g/mol. The lowest BCUT2D eigenvalue weighted by Gasteiger charge is -2.13. The van der Waals surface area contributed by atoms with Crippen LogP contribution in [0.1, 0.15) is 31.0 Å². The van der Waals surface area contributed by atoms with Gasteiger partial charge in [-0.3, -0.25) is 9.78 Å². The monoisotopic (exact) mass is 279 g/mol. The van der Waals surface area contributed by atoms with Crippen molar-refractivity contribution in [1.82, 2.24) is 14.8 Å². The SMILES string of the molecule is Cc1ccccc1-n1nc(C(C)C)c2ncccc2c1=O. The molecule has 0 spiro atoms. The number of pyridine rings is 1. The zero-order valence-corrected chi connectivity index (χ0v) is 12.4. The van der Waals surface area contributed by atoms with Crippen LogP contribution >= 0.6 is 0 Å². The largest absolute Gasteiger partial charge is 0.280 e. The molecule has 0 atom stereocenters. The summed E-state index contributed by atoms with van der Waals surface area (Å²) < 4.78 is 1.49. The van der Waals surface area contributed by atoms with E-state index in [0.29, 0.717) is 10.9 Å². The highest BCUT2D eigenvalue weighted by molar-refractivity contribution is 5.80. The summed E-state index contributed by atoms with van der Waals surface area (Å²) in [5.41, 5.74) is 3.24. The molecule has 0 N–H and O–H groups in total. The molecule has 3 rings (SSSR count). The number of hydrogen-bond donors (Lipinski definition) is 0. The van der Waals surface area contributed by atoms with Crippen LogP contribution in [0, 0.1) is 6.92 Å². The van der Waals surface area contributed by atoms with Gasteiger partial charge in [0.25, 0.3) is 5.56 Å². The number of para-hydroxylation sites is 1. The first kappa shape index (κ1) is 13.5. The second kappa shape index (κ2) is 5.13. The van der Waals surface area contributed by atoms with Gasteiger partial charge in [0.1, 0.15) is 0 Å². The Morgan fingerprint density at radius 3 is 2.57 bits per heavy atom. The predicted molar refractivity (Wildman–Crippen MR) is 84.0 cm³/mol. The first-order valence-electron chi connectivity index (χ1n) is 7.03. The summed E-state index contributed by atoms with van der Waals surface area (Å²) in [7, 11) is 0. The molecule has 0 bridgehead atoms. The first-order valence-corrected chi connectivity index (χ1v) is 7.03. The number of aromatic nitrogens is 3. The molecule has 1 aromatic carbocycles. The van der Waals surface area contributed by atoms with Crippen molar-refractivity contribution in [1.29, 1.82) is 0 Å². The van der Waals surface area contributed by atoms with E-state index in [1.165, 1.54) is 4.68 Å². The highest BCUT2D eigenvalue weighted by Crippen LogP contribution is 2.20. The van der Waals surface area contributed by atoms with E-state index >= 15 is 0 Å². The van der Waals surface area contributed by atoms with Gasteiger partial charge in [-0.15, -0.1) is 0 Å². The van der Waals surface area contributed by atoms with Gasteiger partial charge in [0.15, 0.2) is 0 Å². The number of hydrogen-bond acceptors (Lipinski definition) is 3. The zero-order chi connectivity index (χ0) is 15.0. The Labute approximate surface area is 123 Å². The third-order valence-corrected chi connectivity index (χ3v) is 3.57. The average Bonchev–Trinajstić information content (AvgIpc) is 2.48. The maximum absolute atomic E-state index is 12.7. The van der Waals surface area contributed by atoms with Crippen LogP contribution in [-0.4, -0.2) is 14.8 Å². The van der Waals surface area contributed by atoms with Gasteiger partial charge in [-0.05, 0) is 36.6 Å². The molecule has 0 aliphatic carbocycles. The van der Waals surface area contributed by atoms with Crippen LogP contribution in [0.25, 0.3) is 16.6 Å². The molecule has 3 aromatic rings. The van der Waals surface area contributed by atoms with Gasteiger partial charge in [-0.2, -0.15) is 9.78 Å². The molecule has 106 valence electrons. The third kappa shape index (κ3) is 2.23. The van der Waals surface area contributed by atoms with E-state index in [-0.39, 0.29) is 11.5 Å². The van der Waals surface area contributed by atoms with E-state index in [9.17, 15) is 4.79 Å². The van der Waals surface area contributed by atoms with Gasteiger partial charge in [0.05, 0.1) is 22.3 Å². The van der Waals surface area contributed by atoms with Gasteiger partial charge in [-0.1, -0.05) is 32.0 Å². The lowest BCUT2D eigenvalue weighted by molar-refractivity contribution is 0.723. The van der Waals surface area contributed by atoms with Gasteiger partial charge in [0.2, 0.25) is 0 Å². The maximum Gasteiger partial charge on any atom is 0.280 e. The van der Waals surface area contributed by atoms with Crippen LogP contribution in [-0.2, 0) is 0 Å². The Balaban J connectivity index is 2.43. The quantitative estimate of drug-likeness (QED) is 0.723. The number of benzene rings is 1. The minimum absolute atomic E-state index is 0.128. The Bertz CT molecular complexity index is 865. The molecule has 0 radical (unpaired) electrons. The fourth-order valence-electron chi connectivity index (χ4n) is 2.45. The normalized spacial score (nSPS) is 11.2. The molecule has 0 saturated carbocycles. The molecule has 4 heteroatoms. The summed E-state index contributed by atoms with van der Waals surface area (Å²) in [6, 6.07) is 11.4. The van der Waals surface area contributed by atoms with E-state index in [1.807, 2.05) is 37.3 Å². The summed E-state index contributed by atoms with van der Waals surface area (Å²) in [5.74, 6) is 0.193. The van der Waals surface area contributed by atoms with Gasteiger partial charge < -0.3 is 0 Å². The van der Waals surface area contributed by atoms with Crippen molar-refractivity contribution in [2.75, 3.05) is 0 Å². The zero-order valence-electron chi connectivity index (χ0n) is 12.4. The standard InChI is InChI=1S/C17H17N3O/c1-11(2)15-16-13(8-6-10-18-16)17(21)20(19-15)14-9-5-4-7-12(14)3/h4-11H,1-3H3. The van der Waals surface area contributed by atoms with E-state index in [1.54, 1.807) is 12.3 Å². The minimum atomic E-state index is -0.128. The Kier molecular flexibility index (Phi) is 3.29. The second-order valence-electron chi connectivity index (χ2n) is 5.44. The van der Waals surface area contributed by atoms with Crippen molar-refractivity contribution in [3.63, 3.8) is 0 Å². The fraction of sp³-hybridized carbons (Fsp3) is 0.235.